The van der Waals surface area contributed by atoms with Gasteiger partial charge >= 0.3 is 0 Å². The molecule has 9 heteroatoms. The molecule has 0 atom stereocenters. The van der Waals surface area contributed by atoms with Crippen molar-refractivity contribution in [3.8, 4) is 11.3 Å². The second-order valence-corrected chi connectivity index (χ2v) is 8.48. The molecule has 6 rings (SSSR count). The van der Waals surface area contributed by atoms with Crippen molar-refractivity contribution >= 4 is 34.3 Å². The van der Waals surface area contributed by atoms with Crippen molar-refractivity contribution in [1.82, 2.24) is 30.2 Å². The number of aryl methyl sites for hydroxylation is 1. The lowest BCUT2D eigenvalue weighted by Gasteiger charge is -2.40. The highest BCUT2D eigenvalue weighted by Crippen LogP contribution is 2.36. The number of fused-ring (bicyclic) bond motifs is 2. The molecule has 2 aliphatic rings. The zero-order chi connectivity index (χ0) is 22.5. The maximum atomic E-state index is 12.8. The Hall–Kier alpha value is -3.98. The van der Waals surface area contributed by atoms with Crippen LogP contribution in [0.25, 0.3) is 22.3 Å². The Kier molecular flexibility index (Phi) is 4.51. The van der Waals surface area contributed by atoms with Gasteiger partial charge in [-0.1, -0.05) is 6.07 Å². The van der Waals surface area contributed by atoms with Gasteiger partial charge < -0.3 is 25.4 Å². The van der Waals surface area contributed by atoms with E-state index in [0.29, 0.717) is 29.7 Å². The molecule has 1 amide bonds. The van der Waals surface area contributed by atoms with E-state index in [-0.39, 0.29) is 5.91 Å². The van der Waals surface area contributed by atoms with Crippen molar-refractivity contribution in [2.45, 2.75) is 12.6 Å². The number of likely N-dealkylation sites (N-methyl/N-ethyl adjacent to an activating group) is 1. The van der Waals surface area contributed by atoms with Crippen LogP contribution < -0.4 is 20.9 Å². The first-order valence-electron chi connectivity index (χ1n) is 11.0. The van der Waals surface area contributed by atoms with Crippen LogP contribution in [0.15, 0.2) is 48.9 Å². The van der Waals surface area contributed by atoms with Gasteiger partial charge in [0.25, 0.3) is 5.91 Å². The number of aromatic nitrogens is 4. The third-order valence-electron chi connectivity index (χ3n) is 6.47. The van der Waals surface area contributed by atoms with Crippen LogP contribution in [0.2, 0.25) is 0 Å². The van der Waals surface area contributed by atoms with Gasteiger partial charge in [0, 0.05) is 61.6 Å². The molecule has 0 spiro atoms. The highest BCUT2D eigenvalue weighted by molar-refractivity contribution is 6.06. The third kappa shape index (κ3) is 3.20. The number of pyridine rings is 3. The summed E-state index contributed by atoms with van der Waals surface area (Å²) in [6, 6.07) is 10.4. The predicted octanol–water partition coefficient (Wildman–Crippen LogP) is 2.43. The average Bonchev–Trinajstić information content (AvgIpc) is 3.37. The van der Waals surface area contributed by atoms with E-state index >= 15 is 0 Å². The zero-order valence-corrected chi connectivity index (χ0v) is 18.5. The molecule has 1 saturated heterocycles. The van der Waals surface area contributed by atoms with Gasteiger partial charge in [0.05, 0.1) is 23.1 Å². The van der Waals surface area contributed by atoms with E-state index in [1.165, 1.54) is 0 Å². The summed E-state index contributed by atoms with van der Waals surface area (Å²) < 4.78 is 1.98. The van der Waals surface area contributed by atoms with Crippen LogP contribution in [0, 0.1) is 0 Å². The molecule has 0 radical (unpaired) electrons. The zero-order valence-electron chi connectivity index (χ0n) is 18.5. The topological polar surface area (TPSA) is 100 Å². The molecule has 4 aromatic heterocycles. The van der Waals surface area contributed by atoms with E-state index in [9.17, 15) is 4.79 Å². The molecule has 0 bridgehead atoms. The van der Waals surface area contributed by atoms with Crippen LogP contribution in [0.3, 0.4) is 0 Å². The molecule has 1 fully saturated rings. The van der Waals surface area contributed by atoms with E-state index in [1.54, 1.807) is 12.4 Å². The van der Waals surface area contributed by atoms with Crippen LogP contribution in [0.1, 0.15) is 15.9 Å². The van der Waals surface area contributed by atoms with E-state index in [4.69, 9.17) is 9.97 Å². The number of nitrogens with one attached hydrogen (secondary N) is 3. The maximum absolute atomic E-state index is 12.8. The van der Waals surface area contributed by atoms with Gasteiger partial charge in [-0.15, -0.1) is 0 Å². The quantitative estimate of drug-likeness (QED) is 0.438. The van der Waals surface area contributed by atoms with Gasteiger partial charge in [0.2, 0.25) is 0 Å². The largest absolute Gasteiger partial charge is 0.353 e. The van der Waals surface area contributed by atoms with Crippen LogP contribution in [0.4, 0.5) is 17.3 Å². The Morgan fingerprint density at radius 1 is 1.15 bits per heavy atom. The van der Waals surface area contributed by atoms with Crippen molar-refractivity contribution in [1.29, 1.82) is 0 Å². The highest BCUT2D eigenvalue weighted by Gasteiger charge is 2.29. The lowest BCUT2D eigenvalue weighted by Crippen LogP contribution is -2.57. The smallest absolute Gasteiger partial charge is 0.254 e. The normalized spacial score (nSPS) is 15.5. The number of carbonyl (C=O) groups is 1. The van der Waals surface area contributed by atoms with E-state index < -0.39 is 0 Å². The minimum absolute atomic E-state index is 0.106. The lowest BCUT2D eigenvalue weighted by molar-refractivity contribution is 0.0966. The summed E-state index contributed by atoms with van der Waals surface area (Å²) in [6.45, 7) is 2.30. The second-order valence-electron chi connectivity index (χ2n) is 8.48. The van der Waals surface area contributed by atoms with E-state index in [0.717, 1.165) is 46.8 Å². The van der Waals surface area contributed by atoms with Gasteiger partial charge in [0.15, 0.2) is 0 Å². The average molecular weight is 441 g/mol. The second kappa shape index (κ2) is 7.56. The molecular formula is C24H24N8O. The Bertz CT molecular complexity index is 1390. The predicted molar refractivity (Wildman–Crippen MR) is 128 cm³/mol. The number of anilines is 3. The molecule has 9 nitrogen and oxygen atoms in total. The molecule has 166 valence electrons. The fourth-order valence-electron chi connectivity index (χ4n) is 4.59. The molecule has 0 aromatic carbocycles. The first-order chi connectivity index (χ1) is 16.1. The number of amides is 1. The molecule has 6 heterocycles. The van der Waals surface area contributed by atoms with Gasteiger partial charge in [-0.2, -0.15) is 0 Å². The standard InChI is InChI=1S/C24H24N8O/c1-25-14-12-32(13-14)20-5-3-4-19(30-20)29-18-11-27-22(17-10-28-24(33)21(17)18)15-6-8-26-23-16(15)7-9-31(23)2/h3-9,11,14,25H,10,12-13H2,1-2H3,(H,28,33)(H,29,30). The van der Waals surface area contributed by atoms with Crippen molar-refractivity contribution < 1.29 is 4.79 Å². The van der Waals surface area contributed by atoms with Gasteiger partial charge in [-0.25, -0.2) is 9.97 Å². The SMILES string of the molecule is CNC1CN(c2cccc(Nc3cnc(-c4ccnc5c4ccn5C)c4c3C(=O)NC4)n2)C1. The van der Waals surface area contributed by atoms with Crippen molar-refractivity contribution in [3.63, 3.8) is 0 Å². The minimum atomic E-state index is -0.106. The van der Waals surface area contributed by atoms with E-state index in [2.05, 4.69) is 25.8 Å². The van der Waals surface area contributed by atoms with Crippen molar-refractivity contribution in [2.75, 3.05) is 30.4 Å². The number of hydrogen-bond acceptors (Lipinski definition) is 7. The molecule has 2 aliphatic heterocycles. The molecule has 0 aliphatic carbocycles. The summed E-state index contributed by atoms with van der Waals surface area (Å²) in [5, 5.41) is 10.6. The number of nitrogens with zero attached hydrogens (tertiary/aromatic N) is 5. The number of hydrogen-bond donors (Lipinski definition) is 3. The van der Waals surface area contributed by atoms with Crippen molar-refractivity contribution in [2.24, 2.45) is 7.05 Å². The van der Waals surface area contributed by atoms with E-state index in [1.807, 2.05) is 55.2 Å². The van der Waals surface area contributed by atoms with Crippen LogP contribution in [-0.2, 0) is 13.6 Å². The molecule has 0 saturated carbocycles. The first-order valence-corrected chi connectivity index (χ1v) is 11.0. The van der Waals surface area contributed by atoms with Crippen LogP contribution in [-0.4, -0.2) is 51.6 Å². The third-order valence-corrected chi connectivity index (χ3v) is 6.47. The van der Waals surface area contributed by atoms with Crippen LogP contribution in [0.5, 0.6) is 0 Å². The summed E-state index contributed by atoms with van der Waals surface area (Å²) in [5.74, 6) is 1.50. The van der Waals surface area contributed by atoms with Crippen LogP contribution >= 0.6 is 0 Å². The van der Waals surface area contributed by atoms with Gasteiger partial charge in [-0.05, 0) is 31.3 Å². The molecule has 4 aromatic rings. The molecular weight excluding hydrogens is 416 g/mol. The Labute approximate surface area is 190 Å². The Morgan fingerprint density at radius 2 is 2.03 bits per heavy atom. The lowest BCUT2D eigenvalue weighted by atomic mass is 10.0. The summed E-state index contributed by atoms with van der Waals surface area (Å²) in [7, 11) is 3.94. The summed E-state index contributed by atoms with van der Waals surface area (Å²) in [5.41, 5.74) is 4.81. The fraction of sp³-hybridized carbons (Fsp3) is 0.250. The summed E-state index contributed by atoms with van der Waals surface area (Å²) in [6.07, 6.45) is 5.49. The summed E-state index contributed by atoms with van der Waals surface area (Å²) >= 11 is 0. The first kappa shape index (κ1) is 19.7. The monoisotopic (exact) mass is 440 g/mol. The maximum Gasteiger partial charge on any atom is 0.254 e. The minimum Gasteiger partial charge on any atom is -0.353 e. The fourth-order valence-corrected chi connectivity index (χ4v) is 4.59. The highest BCUT2D eigenvalue weighted by atomic mass is 16.1. The molecule has 3 N–H and O–H groups in total. The van der Waals surface area contributed by atoms with Gasteiger partial charge in [-0.3, -0.25) is 9.78 Å². The number of rotatable bonds is 5. The Morgan fingerprint density at radius 3 is 2.88 bits per heavy atom. The Balaban J connectivity index is 1.37. The summed E-state index contributed by atoms with van der Waals surface area (Å²) in [4.78, 5) is 29.0. The van der Waals surface area contributed by atoms with Gasteiger partial charge in [0.1, 0.15) is 17.3 Å². The number of carbonyl (C=O) groups excluding carboxylic acids is 1. The van der Waals surface area contributed by atoms with Crippen molar-refractivity contribution in [3.05, 3.63) is 60.0 Å². The molecule has 33 heavy (non-hydrogen) atoms. The molecule has 0 unspecified atom stereocenters.